The summed E-state index contributed by atoms with van der Waals surface area (Å²) in [5, 5.41) is 4.91. The van der Waals surface area contributed by atoms with E-state index in [1.165, 1.54) is 17.2 Å². The number of alkyl halides is 3. The fraction of sp³-hybridized carbons (Fsp3) is 0.308. The van der Waals surface area contributed by atoms with Gasteiger partial charge in [0.25, 0.3) is 0 Å². The van der Waals surface area contributed by atoms with E-state index in [9.17, 15) is 13.2 Å². The third-order valence-electron chi connectivity index (χ3n) is 6.44. The van der Waals surface area contributed by atoms with Gasteiger partial charge in [-0.15, -0.1) is 0 Å². The SMILES string of the molecule is CCOc1ncnc(C2CC2)c1-n1nc(Cc2ccc(-c3nc(C(F)(F)F)cn3C)cc2)c2ncncc21. The predicted molar refractivity (Wildman–Crippen MR) is 132 cm³/mol. The van der Waals surface area contributed by atoms with Crippen molar-refractivity contribution >= 4 is 11.0 Å². The van der Waals surface area contributed by atoms with Crippen molar-refractivity contribution in [2.45, 2.75) is 38.3 Å². The first-order valence-electron chi connectivity index (χ1n) is 12.2. The molecule has 0 unspecified atom stereocenters. The largest absolute Gasteiger partial charge is 0.476 e. The van der Waals surface area contributed by atoms with Crippen molar-refractivity contribution in [3.63, 3.8) is 0 Å². The highest BCUT2D eigenvalue weighted by atomic mass is 19.4. The molecule has 38 heavy (non-hydrogen) atoms. The lowest BCUT2D eigenvalue weighted by Gasteiger charge is -2.13. The van der Waals surface area contributed by atoms with Crippen LogP contribution in [0.15, 0.2) is 49.3 Å². The molecule has 1 fully saturated rings. The van der Waals surface area contributed by atoms with E-state index in [1.54, 1.807) is 30.1 Å². The third-order valence-corrected chi connectivity index (χ3v) is 6.44. The van der Waals surface area contributed by atoms with E-state index in [-0.39, 0.29) is 5.82 Å². The normalized spacial score (nSPS) is 13.8. The lowest BCUT2D eigenvalue weighted by atomic mass is 10.1. The van der Waals surface area contributed by atoms with Gasteiger partial charge >= 0.3 is 6.18 Å². The van der Waals surface area contributed by atoms with E-state index < -0.39 is 11.9 Å². The van der Waals surface area contributed by atoms with Crippen molar-refractivity contribution in [1.82, 2.24) is 39.3 Å². The first kappa shape index (κ1) is 24.0. The molecule has 1 saturated carbocycles. The number of fused-ring (bicyclic) bond motifs is 1. The number of hydrogen-bond acceptors (Lipinski definition) is 7. The second kappa shape index (κ2) is 9.19. The van der Waals surface area contributed by atoms with Crippen LogP contribution in [-0.2, 0) is 19.6 Å². The van der Waals surface area contributed by atoms with Crippen LogP contribution < -0.4 is 4.74 Å². The molecule has 0 bridgehead atoms. The van der Waals surface area contributed by atoms with E-state index in [0.29, 0.717) is 47.1 Å². The summed E-state index contributed by atoms with van der Waals surface area (Å²) in [4.78, 5) is 21.4. The zero-order chi connectivity index (χ0) is 26.4. The molecule has 194 valence electrons. The Hall–Kier alpha value is -4.35. The number of benzene rings is 1. The molecular weight excluding hydrogens is 497 g/mol. The molecule has 0 atom stereocenters. The van der Waals surface area contributed by atoms with Gasteiger partial charge in [-0.1, -0.05) is 24.3 Å². The van der Waals surface area contributed by atoms with Gasteiger partial charge in [0, 0.05) is 31.1 Å². The van der Waals surface area contributed by atoms with Crippen LogP contribution in [0.1, 0.15) is 48.3 Å². The Morgan fingerprint density at radius 1 is 1.05 bits per heavy atom. The van der Waals surface area contributed by atoms with Crippen LogP contribution in [0.2, 0.25) is 0 Å². The Morgan fingerprint density at radius 3 is 2.53 bits per heavy atom. The van der Waals surface area contributed by atoms with Crippen LogP contribution in [0, 0.1) is 0 Å². The molecule has 6 rings (SSSR count). The average Bonchev–Trinajstić information content (AvgIpc) is 3.58. The zero-order valence-corrected chi connectivity index (χ0v) is 20.6. The van der Waals surface area contributed by atoms with Crippen LogP contribution in [0.4, 0.5) is 13.2 Å². The van der Waals surface area contributed by atoms with Crippen LogP contribution in [0.25, 0.3) is 28.1 Å². The lowest BCUT2D eigenvalue weighted by Crippen LogP contribution is -2.09. The maximum Gasteiger partial charge on any atom is 0.434 e. The number of imidazole rings is 1. The molecule has 0 saturated heterocycles. The lowest BCUT2D eigenvalue weighted by molar-refractivity contribution is -0.140. The average molecular weight is 521 g/mol. The quantitative estimate of drug-likeness (QED) is 0.301. The first-order chi connectivity index (χ1) is 18.3. The van der Waals surface area contributed by atoms with Crippen molar-refractivity contribution in [2.75, 3.05) is 6.61 Å². The maximum absolute atomic E-state index is 13.1. The van der Waals surface area contributed by atoms with Crippen molar-refractivity contribution < 1.29 is 17.9 Å². The molecule has 9 nitrogen and oxygen atoms in total. The summed E-state index contributed by atoms with van der Waals surface area (Å²) in [5.41, 5.74) is 4.30. The van der Waals surface area contributed by atoms with Gasteiger partial charge in [-0.05, 0) is 25.3 Å². The molecule has 0 N–H and O–H groups in total. The van der Waals surface area contributed by atoms with Crippen LogP contribution in [0.5, 0.6) is 5.88 Å². The van der Waals surface area contributed by atoms with Gasteiger partial charge in [-0.25, -0.2) is 24.6 Å². The first-order valence-corrected chi connectivity index (χ1v) is 12.2. The summed E-state index contributed by atoms with van der Waals surface area (Å²) >= 11 is 0. The number of nitrogens with zero attached hydrogens (tertiary/aromatic N) is 8. The Kier molecular flexibility index (Phi) is 5.81. The van der Waals surface area contributed by atoms with Gasteiger partial charge in [0.2, 0.25) is 5.88 Å². The van der Waals surface area contributed by atoms with Crippen LogP contribution >= 0.6 is 0 Å². The molecule has 1 aliphatic rings. The van der Waals surface area contributed by atoms with Gasteiger partial charge in [0.1, 0.15) is 35.2 Å². The Labute approximate surface area is 215 Å². The number of rotatable bonds is 7. The fourth-order valence-corrected chi connectivity index (χ4v) is 4.52. The molecule has 0 aliphatic heterocycles. The summed E-state index contributed by atoms with van der Waals surface area (Å²) in [7, 11) is 1.55. The minimum absolute atomic E-state index is 0.242. The van der Waals surface area contributed by atoms with E-state index in [2.05, 4.69) is 24.9 Å². The van der Waals surface area contributed by atoms with E-state index in [1.807, 2.05) is 19.1 Å². The molecule has 4 aromatic heterocycles. The Balaban J connectivity index is 1.37. The Bertz CT molecular complexity index is 1620. The summed E-state index contributed by atoms with van der Waals surface area (Å²) in [6.45, 7) is 2.35. The van der Waals surface area contributed by atoms with Crippen molar-refractivity contribution in [3.8, 4) is 23.0 Å². The van der Waals surface area contributed by atoms with E-state index >= 15 is 0 Å². The van der Waals surface area contributed by atoms with E-state index in [0.717, 1.165) is 36.0 Å². The molecule has 4 heterocycles. The molecule has 1 aromatic carbocycles. The number of aromatic nitrogens is 8. The highest BCUT2D eigenvalue weighted by Gasteiger charge is 2.35. The highest BCUT2D eigenvalue weighted by molar-refractivity contribution is 5.79. The second-order valence-corrected chi connectivity index (χ2v) is 9.17. The van der Waals surface area contributed by atoms with Crippen molar-refractivity contribution in [1.29, 1.82) is 0 Å². The van der Waals surface area contributed by atoms with Gasteiger partial charge in [-0.3, -0.25) is 0 Å². The van der Waals surface area contributed by atoms with Crippen molar-refractivity contribution in [2.24, 2.45) is 7.05 Å². The second-order valence-electron chi connectivity index (χ2n) is 9.17. The highest BCUT2D eigenvalue weighted by Crippen LogP contribution is 2.44. The number of hydrogen-bond donors (Lipinski definition) is 0. The van der Waals surface area contributed by atoms with Crippen molar-refractivity contribution in [3.05, 3.63) is 72.0 Å². The van der Waals surface area contributed by atoms with Gasteiger partial charge < -0.3 is 9.30 Å². The minimum atomic E-state index is -4.50. The summed E-state index contributed by atoms with van der Waals surface area (Å²) in [6, 6.07) is 7.23. The monoisotopic (exact) mass is 520 g/mol. The molecular formula is C26H23F3N8O. The molecule has 0 radical (unpaired) electrons. The van der Waals surface area contributed by atoms with Crippen LogP contribution in [-0.4, -0.2) is 45.9 Å². The van der Waals surface area contributed by atoms with E-state index in [4.69, 9.17) is 9.84 Å². The molecule has 0 spiro atoms. The van der Waals surface area contributed by atoms with Gasteiger partial charge in [-0.2, -0.15) is 23.3 Å². The molecule has 12 heteroatoms. The molecule has 0 amide bonds. The third kappa shape index (κ3) is 4.35. The summed E-state index contributed by atoms with van der Waals surface area (Å²) < 4.78 is 48.2. The minimum Gasteiger partial charge on any atom is -0.476 e. The Morgan fingerprint density at radius 2 is 1.84 bits per heavy atom. The topological polar surface area (TPSA) is 96.4 Å². The fourth-order valence-electron chi connectivity index (χ4n) is 4.52. The smallest absolute Gasteiger partial charge is 0.434 e. The summed E-state index contributed by atoms with van der Waals surface area (Å²) in [6.07, 6.45) is 3.74. The number of ether oxygens (including phenoxy) is 1. The number of halogens is 3. The summed E-state index contributed by atoms with van der Waals surface area (Å²) in [5.74, 6) is 1.03. The van der Waals surface area contributed by atoms with Crippen LogP contribution in [0.3, 0.4) is 0 Å². The zero-order valence-electron chi connectivity index (χ0n) is 20.6. The molecule has 5 aromatic rings. The van der Waals surface area contributed by atoms with Gasteiger partial charge in [0.15, 0.2) is 5.69 Å². The molecule has 1 aliphatic carbocycles. The van der Waals surface area contributed by atoms with Gasteiger partial charge in [0.05, 0.1) is 24.2 Å². The number of aryl methyl sites for hydroxylation is 1. The maximum atomic E-state index is 13.1. The predicted octanol–water partition coefficient (Wildman–Crippen LogP) is 4.89. The standard InChI is InChI=1S/C26H23F3N8O/c1-3-38-25-23(21(16-8-9-16)32-14-33-25)37-19-11-30-13-31-22(19)18(35-37)10-15-4-6-17(7-5-15)24-34-20(12-36(24)2)26(27,28)29/h4-7,11-14,16H,3,8-10H2,1-2H3.